The Morgan fingerprint density at radius 1 is 1.75 bits per heavy atom. The molecule has 0 amide bonds. The summed E-state index contributed by atoms with van der Waals surface area (Å²) < 4.78 is 4.79. The van der Waals surface area contributed by atoms with Crippen LogP contribution < -0.4 is 5.73 Å². The Morgan fingerprint density at radius 2 is 2.25 bits per heavy atom. The highest BCUT2D eigenvalue weighted by atomic mass is 16.5. The number of rotatable bonds is 3. The first-order valence-corrected chi connectivity index (χ1v) is 2.61. The average molecular weight is 119 g/mol. The van der Waals surface area contributed by atoms with E-state index in [1.807, 2.05) is 0 Å². The Kier molecular flexibility index (Phi) is 3.77. The van der Waals surface area contributed by atoms with E-state index in [4.69, 9.17) is 15.6 Å². The van der Waals surface area contributed by atoms with Crippen molar-refractivity contribution in [3.63, 3.8) is 0 Å². The van der Waals surface area contributed by atoms with Gasteiger partial charge in [-0.3, -0.25) is 0 Å². The van der Waals surface area contributed by atoms with Gasteiger partial charge in [-0.15, -0.1) is 0 Å². The highest BCUT2D eigenvalue weighted by Gasteiger charge is 2.09. The van der Waals surface area contributed by atoms with Crippen molar-refractivity contribution in [1.29, 1.82) is 0 Å². The highest BCUT2D eigenvalue weighted by Crippen LogP contribution is 1.91. The number of methoxy groups -OCH3 is 1. The molecule has 0 aromatic heterocycles. The first-order chi connectivity index (χ1) is 3.72. The van der Waals surface area contributed by atoms with Gasteiger partial charge in [0.15, 0.2) is 0 Å². The molecule has 0 spiro atoms. The van der Waals surface area contributed by atoms with Gasteiger partial charge in [-0.1, -0.05) is 0 Å². The molecule has 0 aliphatic carbocycles. The second-order valence-corrected chi connectivity index (χ2v) is 1.82. The van der Waals surface area contributed by atoms with Gasteiger partial charge < -0.3 is 15.6 Å². The molecule has 2 unspecified atom stereocenters. The molecule has 8 heavy (non-hydrogen) atoms. The van der Waals surface area contributed by atoms with E-state index in [0.717, 1.165) is 0 Å². The van der Waals surface area contributed by atoms with Crippen LogP contribution in [0.4, 0.5) is 0 Å². The topological polar surface area (TPSA) is 55.5 Å². The lowest BCUT2D eigenvalue weighted by Crippen LogP contribution is -2.35. The van der Waals surface area contributed by atoms with Crippen molar-refractivity contribution >= 4 is 0 Å². The summed E-state index contributed by atoms with van der Waals surface area (Å²) in [6, 6.07) is -0.0926. The van der Waals surface area contributed by atoms with Crippen molar-refractivity contribution < 1.29 is 9.84 Å². The number of hydrogen-bond donors (Lipinski definition) is 2. The first-order valence-electron chi connectivity index (χ1n) is 2.61. The largest absolute Gasteiger partial charge is 0.394 e. The van der Waals surface area contributed by atoms with E-state index in [1.165, 1.54) is 7.11 Å². The maximum absolute atomic E-state index is 8.49. The van der Waals surface area contributed by atoms with E-state index in [9.17, 15) is 0 Å². The fourth-order valence-electron chi connectivity index (χ4n) is 0.455. The Labute approximate surface area is 49.4 Å². The Bertz CT molecular complexity index is 52.4. The fraction of sp³-hybridized carbons (Fsp3) is 1.00. The number of hydrogen-bond acceptors (Lipinski definition) is 3. The summed E-state index contributed by atoms with van der Waals surface area (Å²) in [5.41, 5.74) is 5.37. The molecule has 0 bridgehead atoms. The molecule has 3 N–H and O–H groups in total. The molecule has 0 aliphatic heterocycles. The minimum Gasteiger partial charge on any atom is -0.394 e. The van der Waals surface area contributed by atoms with E-state index in [2.05, 4.69) is 0 Å². The number of ether oxygens (including phenoxy) is 1. The average Bonchev–Trinajstić information content (AvgIpc) is 1.69. The molecule has 2 atom stereocenters. The summed E-state index contributed by atoms with van der Waals surface area (Å²) >= 11 is 0. The van der Waals surface area contributed by atoms with Gasteiger partial charge in [0.25, 0.3) is 0 Å². The molecule has 0 heterocycles. The minimum absolute atomic E-state index is 0.00579. The maximum Gasteiger partial charge on any atom is 0.0949 e. The minimum atomic E-state index is -0.213. The van der Waals surface area contributed by atoms with E-state index >= 15 is 0 Å². The zero-order chi connectivity index (χ0) is 6.57. The van der Waals surface area contributed by atoms with Crippen LogP contribution in [0.25, 0.3) is 0 Å². The molecular weight excluding hydrogens is 106 g/mol. The molecule has 0 aliphatic rings. The quantitative estimate of drug-likeness (QED) is 0.518. The standard InChI is InChI=1S/C5H13NO2/c1-4(6)5(3-7)8-2/h4-5,7H,3,6H2,1-2H3. The SMILES string of the molecule is COC(CO)C(C)N. The zero-order valence-corrected chi connectivity index (χ0v) is 5.29. The summed E-state index contributed by atoms with van der Waals surface area (Å²) in [5.74, 6) is 0. The molecule has 0 radical (unpaired) electrons. The predicted molar refractivity (Wildman–Crippen MR) is 31.5 cm³/mol. The third kappa shape index (κ3) is 2.26. The Morgan fingerprint density at radius 3 is 2.25 bits per heavy atom. The molecule has 3 heteroatoms. The van der Waals surface area contributed by atoms with Gasteiger partial charge in [0, 0.05) is 13.2 Å². The summed E-state index contributed by atoms with van der Waals surface area (Å²) in [4.78, 5) is 0. The third-order valence-corrected chi connectivity index (χ3v) is 1.07. The lowest BCUT2D eigenvalue weighted by atomic mass is 10.2. The van der Waals surface area contributed by atoms with Crippen molar-refractivity contribution in [2.24, 2.45) is 5.73 Å². The van der Waals surface area contributed by atoms with Crippen LogP contribution in [0.3, 0.4) is 0 Å². The van der Waals surface area contributed by atoms with Crippen LogP contribution in [0.1, 0.15) is 6.92 Å². The smallest absolute Gasteiger partial charge is 0.0949 e. The van der Waals surface area contributed by atoms with Crippen LogP contribution in [0.15, 0.2) is 0 Å². The lowest BCUT2D eigenvalue weighted by Gasteiger charge is -2.14. The molecule has 0 rings (SSSR count). The van der Waals surface area contributed by atoms with E-state index in [-0.39, 0.29) is 18.8 Å². The van der Waals surface area contributed by atoms with Crippen LogP contribution in [-0.4, -0.2) is 31.0 Å². The Hall–Kier alpha value is -0.120. The predicted octanol–water partition coefficient (Wildman–Crippen LogP) is -0.659. The van der Waals surface area contributed by atoms with Crippen LogP contribution in [0.5, 0.6) is 0 Å². The van der Waals surface area contributed by atoms with Gasteiger partial charge in [-0.25, -0.2) is 0 Å². The molecule has 0 saturated heterocycles. The van der Waals surface area contributed by atoms with Crippen LogP contribution >= 0.6 is 0 Å². The van der Waals surface area contributed by atoms with Crippen molar-refractivity contribution in [3.8, 4) is 0 Å². The van der Waals surface area contributed by atoms with Crippen molar-refractivity contribution in [1.82, 2.24) is 0 Å². The first kappa shape index (κ1) is 7.88. The molecule has 3 nitrogen and oxygen atoms in total. The third-order valence-electron chi connectivity index (χ3n) is 1.07. The molecule has 0 saturated carbocycles. The summed E-state index contributed by atoms with van der Waals surface area (Å²) in [7, 11) is 1.53. The van der Waals surface area contributed by atoms with Crippen LogP contribution in [0, 0.1) is 0 Å². The van der Waals surface area contributed by atoms with Gasteiger partial charge >= 0.3 is 0 Å². The van der Waals surface area contributed by atoms with Crippen molar-refractivity contribution in [2.45, 2.75) is 19.1 Å². The van der Waals surface area contributed by atoms with E-state index in [0.29, 0.717) is 0 Å². The molecule has 0 aromatic carbocycles. The Balaban J connectivity index is 3.35. The van der Waals surface area contributed by atoms with Crippen molar-refractivity contribution in [3.05, 3.63) is 0 Å². The fourth-order valence-corrected chi connectivity index (χ4v) is 0.455. The summed E-state index contributed by atoms with van der Waals surface area (Å²) in [6.45, 7) is 1.79. The second-order valence-electron chi connectivity index (χ2n) is 1.82. The summed E-state index contributed by atoms with van der Waals surface area (Å²) in [6.07, 6.45) is -0.213. The highest BCUT2D eigenvalue weighted by molar-refractivity contribution is 4.65. The van der Waals surface area contributed by atoms with Crippen LogP contribution in [0.2, 0.25) is 0 Å². The van der Waals surface area contributed by atoms with Crippen LogP contribution in [-0.2, 0) is 4.74 Å². The van der Waals surface area contributed by atoms with Crippen molar-refractivity contribution in [2.75, 3.05) is 13.7 Å². The van der Waals surface area contributed by atoms with Gasteiger partial charge in [-0.2, -0.15) is 0 Å². The molecule has 0 fully saturated rings. The zero-order valence-electron chi connectivity index (χ0n) is 5.29. The monoisotopic (exact) mass is 119 g/mol. The summed E-state index contributed by atoms with van der Waals surface area (Å²) in [5, 5.41) is 8.49. The maximum atomic E-state index is 8.49. The van der Waals surface area contributed by atoms with Gasteiger partial charge in [0.2, 0.25) is 0 Å². The lowest BCUT2D eigenvalue weighted by molar-refractivity contribution is 0.0352. The van der Waals surface area contributed by atoms with Gasteiger partial charge in [-0.05, 0) is 6.92 Å². The number of aliphatic hydroxyl groups is 1. The van der Waals surface area contributed by atoms with Gasteiger partial charge in [0.05, 0.1) is 12.7 Å². The number of nitrogens with two attached hydrogens (primary N) is 1. The van der Waals surface area contributed by atoms with Gasteiger partial charge in [0.1, 0.15) is 0 Å². The molecule has 0 aromatic rings. The van der Waals surface area contributed by atoms with E-state index < -0.39 is 0 Å². The molecule has 50 valence electrons. The molecular formula is C5H13NO2. The van der Waals surface area contributed by atoms with E-state index in [1.54, 1.807) is 6.92 Å². The number of aliphatic hydroxyl groups excluding tert-OH is 1. The normalized spacial score (nSPS) is 18.0. The second kappa shape index (κ2) is 3.83.